The molecule has 1 aliphatic heterocycles. The first-order chi connectivity index (χ1) is 7.20. The summed E-state index contributed by atoms with van der Waals surface area (Å²) in [5.74, 6) is 0.0915. The zero-order valence-electron chi connectivity index (χ0n) is 8.83. The van der Waals surface area contributed by atoms with Crippen LogP contribution in [0.5, 0.6) is 0 Å². The summed E-state index contributed by atoms with van der Waals surface area (Å²) in [4.78, 5) is 12.6. The molecule has 0 spiro atoms. The number of benzene rings is 1. The van der Waals surface area contributed by atoms with Crippen molar-refractivity contribution in [2.45, 2.75) is 23.6 Å². The van der Waals surface area contributed by atoms with Gasteiger partial charge in [-0.15, -0.1) is 11.8 Å². The molecular weight excluding hydrogens is 208 g/mol. The molecule has 1 amide bonds. The van der Waals surface area contributed by atoms with Crippen molar-refractivity contribution in [3.05, 3.63) is 23.8 Å². The highest BCUT2D eigenvalue weighted by molar-refractivity contribution is 8.00. The molecular formula is C11H14N2OS. The third kappa shape index (κ3) is 2.16. The lowest BCUT2D eigenvalue weighted by Crippen LogP contribution is -2.26. The van der Waals surface area contributed by atoms with E-state index in [1.165, 1.54) is 5.56 Å². The zero-order valence-corrected chi connectivity index (χ0v) is 9.65. The van der Waals surface area contributed by atoms with Crippen LogP contribution in [0, 0.1) is 0 Å². The molecule has 4 heteroatoms. The maximum absolute atomic E-state index is 11.4. The molecule has 3 nitrogen and oxygen atoms in total. The van der Waals surface area contributed by atoms with Gasteiger partial charge in [0, 0.05) is 11.4 Å². The van der Waals surface area contributed by atoms with Gasteiger partial charge in [-0.25, -0.2) is 0 Å². The zero-order chi connectivity index (χ0) is 10.8. The largest absolute Gasteiger partial charge is 0.324 e. The number of hydrogen-bond donors (Lipinski definition) is 2. The average Bonchev–Trinajstić information content (AvgIpc) is 2.21. The van der Waals surface area contributed by atoms with Crippen molar-refractivity contribution in [3.8, 4) is 0 Å². The van der Waals surface area contributed by atoms with Gasteiger partial charge < -0.3 is 10.6 Å². The van der Waals surface area contributed by atoms with Gasteiger partial charge in [-0.3, -0.25) is 4.79 Å². The Morgan fingerprint density at radius 1 is 1.53 bits per heavy atom. The Labute approximate surface area is 93.6 Å². The van der Waals surface area contributed by atoms with Gasteiger partial charge in [0.05, 0.1) is 10.9 Å². The van der Waals surface area contributed by atoms with Crippen LogP contribution in [-0.4, -0.2) is 18.2 Å². The first-order valence-corrected chi connectivity index (χ1v) is 5.83. The van der Waals surface area contributed by atoms with E-state index in [2.05, 4.69) is 16.7 Å². The number of thioether (sulfide) groups is 1. The summed E-state index contributed by atoms with van der Waals surface area (Å²) in [6.45, 7) is 2.78. The predicted octanol–water partition coefficient (Wildman–Crippen LogP) is 1.84. The molecule has 1 unspecified atom stereocenters. The summed E-state index contributed by atoms with van der Waals surface area (Å²) in [6.07, 6.45) is 0. The third-order valence-electron chi connectivity index (χ3n) is 2.36. The third-order valence-corrected chi connectivity index (χ3v) is 3.52. The van der Waals surface area contributed by atoms with Crippen molar-refractivity contribution in [1.29, 1.82) is 0 Å². The lowest BCUT2D eigenvalue weighted by molar-refractivity contribution is -0.115. The van der Waals surface area contributed by atoms with E-state index in [0.29, 0.717) is 0 Å². The summed E-state index contributed by atoms with van der Waals surface area (Å²) in [5.41, 5.74) is 2.18. The fraction of sp³-hybridized carbons (Fsp3) is 0.364. The molecule has 2 N–H and O–H groups in total. The van der Waals surface area contributed by atoms with Gasteiger partial charge in [0.15, 0.2) is 0 Å². The van der Waals surface area contributed by atoms with Crippen molar-refractivity contribution in [2.24, 2.45) is 0 Å². The van der Waals surface area contributed by atoms with Crippen LogP contribution >= 0.6 is 11.8 Å². The Bertz CT molecular complexity index is 392. The van der Waals surface area contributed by atoms with Crippen LogP contribution in [0.25, 0.3) is 0 Å². The van der Waals surface area contributed by atoms with Crippen LogP contribution in [0.4, 0.5) is 5.69 Å². The van der Waals surface area contributed by atoms with Gasteiger partial charge in [0.1, 0.15) is 0 Å². The molecule has 0 aromatic heterocycles. The van der Waals surface area contributed by atoms with E-state index in [1.54, 1.807) is 11.8 Å². The van der Waals surface area contributed by atoms with E-state index in [-0.39, 0.29) is 11.2 Å². The van der Waals surface area contributed by atoms with E-state index < -0.39 is 0 Å². The van der Waals surface area contributed by atoms with Crippen LogP contribution < -0.4 is 10.6 Å². The molecule has 0 saturated carbocycles. The molecule has 1 aromatic carbocycles. The van der Waals surface area contributed by atoms with Crippen molar-refractivity contribution in [1.82, 2.24) is 5.32 Å². The van der Waals surface area contributed by atoms with Crippen molar-refractivity contribution in [2.75, 3.05) is 12.4 Å². The van der Waals surface area contributed by atoms with Gasteiger partial charge in [-0.2, -0.15) is 0 Å². The van der Waals surface area contributed by atoms with E-state index in [1.807, 2.05) is 26.1 Å². The molecule has 15 heavy (non-hydrogen) atoms. The summed E-state index contributed by atoms with van der Waals surface area (Å²) >= 11 is 1.62. The van der Waals surface area contributed by atoms with Gasteiger partial charge in [0.2, 0.25) is 5.91 Å². The van der Waals surface area contributed by atoms with E-state index in [4.69, 9.17) is 0 Å². The fourth-order valence-electron chi connectivity index (χ4n) is 1.56. The van der Waals surface area contributed by atoms with Gasteiger partial charge in [-0.1, -0.05) is 6.07 Å². The molecule has 0 radical (unpaired) electrons. The second kappa shape index (κ2) is 4.24. The summed E-state index contributed by atoms with van der Waals surface area (Å²) < 4.78 is 0. The Morgan fingerprint density at radius 3 is 3.07 bits per heavy atom. The lowest BCUT2D eigenvalue weighted by atomic mass is 10.2. The fourth-order valence-corrected chi connectivity index (χ4v) is 2.57. The number of rotatable bonds is 2. The maximum Gasteiger partial charge on any atom is 0.237 e. The summed E-state index contributed by atoms with van der Waals surface area (Å²) in [5, 5.41) is 6.02. The monoisotopic (exact) mass is 222 g/mol. The minimum absolute atomic E-state index is 0.00216. The van der Waals surface area contributed by atoms with Crippen LogP contribution in [0.2, 0.25) is 0 Å². The maximum atomic E-state index is 11.4. The van der Waals surface area contributed by atoms with Crippen molar-refractivity contribution in [3.63, 3.8) is 0 Å². The highest BCUT2D eigenvalue weighted by atomic mass is 32.2. The van der Waals surface area contributed by atoms with E-state index >= 15 is 0 Å². The van der Waals surface area contributed by atoms with Crippen molar-refractivity contribution < 1.29 is 4.79 Å². The second-order valence-corrected chi connectivity index (χ2v) is 4.99. The van der Waals surface area contributed by atoms with Crippen LogP contribution in [0.15, 0.2) is 23.1 Å². The SMILES string of the molecule is CNCc1ccc2c(c1)SC(C)C(=O)N2. The molecule has 1 atom stereocenters. The Morgan fingerprint density at radius 2 is 2.33 bits per heavy atom. The van der Waals surface area contributed by atoms with Crippen LogP contribution in [-0.2, 0) is 11.3 Å². The smallest absolute Gasteiger partial charge is 0.237 e. The highest BCUT2D eigenvalue weighted by Gasteiger charge is 2.22. The molecule has 1 aromatic rings. The molecule has 0 aliphatic carbocycles. The minimum Gasteiger partial charge on any atom is -0.324 e. The molecule has 80 valence electrons. The normalized spacial score (nSPS) is 19.6. The molecule has 1 aliphatic rings. The average molecular weight is 222 g/mol. The molecule has 0 saturated heterocycles. The summed E-state index contributed by atoms with van der Waals surface area (Å²) in [7, 11) is 1.93. The predicted molar refractivity (Wildman–Crippen MR) is 63.2 cm³/mol. The first kappa shape index (κ1) is 10.5. The second-order valence-electron chi connectivity index (χ2n) is 3.61. The first-order valence-electron chi connectivity index (χ1n) is 4.96. The van der Waals surface area contributed by atoms with E-state index in [0.717, 1.165) is 17.1 Å². The van der Waals surface area contributed by atoms with E-state index in [9.17, 15) is 4.79 Å². The Balaban J connectivity index is 2.29. The minimum atomic E-state index is 0.00216. The number of anilines is 1. The number of nitrogens with one attached hydrogen (secondary N) is 2. The quantitative estimate of drug-likeness (QED) is 0.802. The lowest BCUT2D eigenvalue weighted by Gasteiger charge is -2.21. The molecule has 0 bridgehead atoms. The van der Waals surface area contributed by atoms with Gasteiger partial charge in [-0.05, 0) is 31.7 Å². The molecule has 2 rings (SSSR count). The standard InChI is InChI=1S/C11H14N2OS/c1-7-11(14)13-9-4-3-8(6-12-2)5-10(9)15-7/h3-5,7,12H,6H2,1-2H3,(H,13,14). The Hall–Kier alpha value is -1.00. The number of amides is 1. The number of hydrogen-bond acceptors (Lipinski definition) is 3. The highest BCUT2D eigenvalue weighted by Crippen LogP contribution is 2.35. The van der Waals surface area contributed by atoms with Gasteiger partial charge in [0.25, 0.3) is 0 Å². The molecule has 0 fully saturated rings. The van der Waals surface area contributed by atoms with Crippen LogP contribution in [0.1, 0.15) is 12.5 Å². The number of carbonyl (C=O) groups excluding carboxylic acids is 1. The number of carbonyl (C=O) groups is 1. The summed E-state index contributed by atoms with van der Waals surface area (Å²) in [6, 6.07) is 6.14. The van der Waals surface area contributed by atoms with Gasteiger partial charge >= 0.3 is 0 Å². The van der Waals surface area contributed by atoms with Crippen molar-refractivity contribution >= 4 is 23.4 Å². The molecule has 1 heterocycles. The van der Waals surface area contributed by atoms with Crippen LogP contribution in [0.3, 0.4) is 0 Å². The Kier molecular flexibility index (Phi) is 2.98. The number of fused-ring (bicyclic) bond motifs is 1. The topological polar surface area (TPSA) is 41.1 Å².